The summed E-state index contributed by atoms with van der Waals surface area (Å²) in [6.07, 6.45) is 1.55. The van der Waals surface area contributed by atoms with Gasteiger partial charge in [0, 0.05) is 5.69 Å². The third-order valence-electron chi connectivity index (χ3n) is 4.02. The van der Waals surface area contributed by atoms with Crippen LogP contribution in [0.1, 0.15) is 5.56 Å². The van der Waals surface area contributed by atoms with Gasteiger partial charge in [-0.15, -0.1) is 0 Å². The molecule has 0 unspecified atom stereocenters. The van der Waals surface area contributed by atoms with E-state index in [2.05, 4.69) is 5.32 Å². The highest BCUT2D eigenvalue weighted by molar-refractivity contribution is 8.18. The van der Waals surface area contributed by atoms with Gasteiger partial charge in [-0.3, -0.25) is 19.3 Å². The molecule has 2 aromatic carbocycles. The number of hydrogen-bond donors (Lipinski definition) is 1. The predicted octanol–water partition coefficient (Wildman–Crippen LogP) is 4.03. The molecule has 0 radical (unpaired) electrons. The largest absolute Gasteiger partial charge is 0.497 e. The Hall–Kier alpha value is -2.97. The standard InChI is InChI=1S/C20H17ClN2O5S/c1-27-14-6-4-13(5-7-14)22-18(24)11-23-19(25)17(29-20(23)26)10-12-3-8-16(28-2)15(21)9-12/h3-10H,11H2,1-2H3,(H,22,24)/b17-10+. The molecule has 1 aliphatic heterocycles. The van der Waals surface area contributed by atoms with Crippen molar-refractivity contribution in [1.82, 2.24) is 4.90 Å². The van der Waals surface area contributed by atoms with Gasteiger partial charge in [0.15, 0.2) is 0 Å². The Kier molecular flexibility index (Phi) is 6.46. The highest BCUT2D eigenvalue weighted by Crippen LogP contribution is 2.33. The van der Waals surface area contributed by atoms with E-state index >= 15 is 0 Å². The first-order valence-electron chi connectivity index (χ1n) is 8.44. The lowest BCUT2D eigenvalue weighted by Gasteiger charge is -2.12. The van der Waals surface area contributed by atoms with Crippen LogP contribution in [0.25, 0.3) is 6.08 Å². The zero-order valence-corrected chi connectivity index (χ0v) is 17.2. The second-order valence-electron chi connectivity index (χ2n) is 5.94. The Morgan fingerprint density at radius 3 is 2.48 bits per heavy atom. The van der Waals surface area contributed by atoms with Gasteiger partial charge in [0.25, 0.3) is 11.1 Å². The van der Waals surface area contributed by atoms with Crippen molar-refractivity contribution >= 4 is 52.2 Å². The first-order chi connectivity index (χ1) is 13.9. The molecule has 0 aliphatic carbocycles. The fraction of sp³-hybridized carbons (Fsp3) is 0.150. The summed E-state index contributed by atoms with van der Waals surface area (Å²) in [7, 11) is 3.05. The molecular weight excluding hydrogens is 416 g/mol. The van der Waals surface area contributed by atoms with Gasteiger partial charge in [0.2, 0.25) is 5.91 Å². The van der Waals surface area contributed by atoms with Crippen molar-refractivity contribution in [2.45, 2.75) is 0 Å². The number of ether oxygens (including phenoxy) is 2. The normalized spacial score (nSPS) is 15.0. The highest BCUT2D eigenvalue weighted by Gasteiger charge is 2.36. The molecule has 3 rings (SSSR count). The number of anilines is 1. The van der Waals surface area contributed by atoms with Crippen molar-refractivity contribution in [3.05, 3.63) is 58.0 Å². The lowest BCUT2D eigenvalue weighted by molar-refractivity contribution is -0.127. The SMILES string of the molecule is COc1ccc(NC(=O)CN2C(=O)S/C(=C/c3ccc(OC)c(Cl)c3)C2=O)cc1. The van der Waals surface area contributed by atoms with Gasteiger partial charge in [-0.05, 0) is 59.8 Å². The zero-order chi connectivity index (χ0) is 21.0. The van der Waals surface area contributed by atoms with Crippen LogP contribution in [0.4, 0.5) is 10.5 Å². The molecule has 7 nitrogen and oxygen atoms in total. The molecule has 150 valence electrons. The number of thioether (sulfide) groups is 1. The summed E-state index contributed by atoms with van der Waals surface area (Å²) < 4.78 is 10.1. The number of hydrogen-bond acceptors (Lipinski definition) is 6. The fourth-order valence-electron chi connectivity index (χ4n) is 2.58. The average molecular weight is 433 g/mol. The number of amides is 3. The zero-order valence-electron chi connectivity index (χ0n) is 15.6. The maximum atomic E-state index is 12.6. The van der Waals surface area contributed by atoms with Crippen molar-refractivity contribution in [2.75, 3.05) is 26.1 Å². The number of methoxy groups -OCH3 is 2. The number of nitrogens with one attached hydrogen (secondary N) is 1. The molecule has 0 aromatic heterocycles. The van der Waals surface area contributed by atoms with Gasteiger partial charge >= 0.3 is 0 Å². The van der Waals surface area contributed by atoms with E-state index in [4.69, 9.17) is 21.1 Å². The molecule has 1 heterocycles. The van der Waals surface area contributed by atoms with Crippen molar-refractivity contribution in [3.8, 4) is 11.5 Å². The first kappa shape index (κ1) is 20.8. The van der Waals surface area contributed by atoms with Crippen LogP contribution in [0.5, 0.6) is 11.5 Å². The summed E-state index contributed by atoms with van der Waals surface area (Å²) in [5.41, 5.74) is 1.18. The maximum Gasteiger partial charge on any atom is 0.294 e. The lowest BCUT2D eigenvalue weighted by Crippen LogP contribution is -2.36. The van der Waals surface area contributed by atoms with Gasteiger partial charge in [0.05, 0.1) is 24.1 Å². The van der Waals surface area contributed by atoms with Crippen LogP contribution in [0, 0.1) is 0 Å². The van der Waals surface area contributed by atoms with E-state index in [9.17, 15) is 14.4 Å². The third-order valence-corrected chi connectivity index (χ3v) is 5.23. The van der Waals surface area contributed by atoms with Crippen LogP contribution >= 0.6 is 23.4 Å². The van der Waals surface area contributed by atoms with Crippen molar-refractivity contribution in [2.24, 2.45) is 0 Å². The quantitative estimate of drug-likeness (QED) is 0.693. The Labute approximate surface area is 176 Å². The number of benzene rings is 2. The molecule has 1 fully saturated rings. The first-order valence-corrected chi connectivity index (χ1v) is 9.63. The van der Waals surface area contributed by atoms with Crippen molar-refractivity contribution in [1.29, 1.82) is 0 Å². The maximum absolute atomic E-state index is 12.6. The number of nitrogens with zero attached hydrogens (tertiary/aromatic N) is 1. The summed E-state index contributed by atoms with van der Waals surface area (Å²) in [4.78, 5) is 38.1. The summed E-state index contributed by atoms with van der Waals surface area (Å²) in [6.45, 7) is -0.378. The van der Waals surface area contributed by atoms with Crippen molar-refractivity contribution in [3.63, 3.8) is 0 Å². The average Bonchev–Trinajstić information content (AvgIpc) is 2.96. The molecular formula is C20H17ClN2O5S. The van der Waals surface area contributed by atoms with Crippen LogP contribution < -0.4 is 14.8 Å². The topological polar surface area (TPSA) is 84.9 Å². The van der Waals surface area contributed by atoms with Gasteiger partial charge in [-0.1, -0.05) is 17.7 Å². The van der Waals surface area contributed by atoms with Crippen LogP contribution in [0.3, 0.4) is 0 Å². The molecule has 1 N–H and O–H groups in total. The Morgan fingerprint density at radius 2 is 1.86 bits per heavy atom. The van der Waals surface area contributed by atoms with Gasteiger partial charge < -0.3 is 14.8 Å². The van der Waals surface area contributed by atoms with E-state index in [0.29, 0.717) is 27.8 Å². The molecule has 0 bridgehead atoms. The van der Waals surface area contributed by atoms with E-state index in [1.807, 2.05) is 0 Å². The highest BCUT2D eigenvalue weighted by atomic mass is 35.5. The molecule has 9 heteroatoms. The molecule has 0 spiro atoms. The number of halogens is 1. The van der Waals surface area contributed by atoms with Crippen LogP contribution in [-0.4, -0.2) is 42.7 Å². The van der Waals surface area contributed by atoms with E-state index < -0.39 is 17.1 Å². The summed E-state index contributed by atoms with van der Waals surface area (Å²) in [5.74, 6) is 0.146. The molecule has 2 aromatic rings. The second kappa shape index (κ2) is 9.02. The Bertz CT molecular complexity index is 991. The number of imide groups is 1. The molecule has 29 heavy (non-hydrogen) atoms. The Morgan fingerprint density at radius 1 is 1.14 bits per heavy atom. The van der Waals surface area contributed by atoms with Crippen LogP contribution in [0.2, 0.25) is 5.02 Å². The van der Waals surface area contributed by atoms with E-state index in [1.54, 1.807) is 55.7 Å². The minimum atomic E-state index is -0.531. The molecule has 3 amide bonds. The fourth-order valence-corrected chi connectivity index (χ4v) is 3.68. The minimum absolute atomic E-state index is 0.216. The van der Waals surface area contributed by atoms with Gasteiger partial charge in [0.1, 0.15) is 18.0 Å². The number of carbonyl (C=O) groups is 3. The summed E-state index contributed by atoms with van der Waals surface area (Å²) >= 11 is 6.86. The second-order valence-corrected chi connectivity index (χ2v) is 7.34. The number of carbonyl (C=O) groups excluding carboxylic acids is 3. The molecule has 0 atom stereocenters. The lowest BCUT2D eigenvalue weighted by atomic mass is 10.2. The summed E-state index contributed by atoms with van der Waals surface area (Å²) in [6, 6.07) is 11.7. The smallest absolute Gasteiger partial charge is 0.294 e. The molecule has 1 aliphatic rings. The van der Waals surface area contributed by atoms with Crippen LogP contribution in [0.15, 0.2) is 47.4 Å². The van der Waals surface area contributed by atoms with E-state index in [1.165, 1.54) is 7.11 Å². The Balaban J connectivity index is 1.68. The van der Waals surface area contributed by atoms with Crippen molar-refractivity contribution < 1.29 is 23.9 Å². The third kappa shape index (κ3) is 4.90. The molecule has 1 saturated heterocycles. The van der Waals surface area contributed by atoms with E-state index in [-0.39, 0.29) is 11.4 Å². The predicted molar refractivity (Wildman–Crippen MR) is 112 cm³/mol. The van der Waals surface area contributed by atoms with Gasteiger partial charge in [-0.2, -0.15) is 0 Å². The minimum Gasteiger partial charge on any atom is -0.497 e. The summed E-state index contributed by atoms with van der Waals surface area (Å²) in [5, 5.41) is 2.52. The van der Waals surface area contributed by atoms with E-state index in [0.717, 1.165) is 16.7 Å². The number of rotatable bonds is 6. The molecule has 0 saturated carbocycles. The monoisotopic (exact) mass is 432 g/mol. The van der Waals surface area contributed by atoms with Gasteiger partial charge in [-0.25, -0.2) is 0 Å². The van der Waals surface area contributed by atoms with Crippen LogP contribution in [-0.2, 0) is 9.59 Å².